The van der Waals surface area contributed by atoms with Gasteiger partial charge in [0.2, 0.25) is 0 Å². The molecule has 0 amide bonds. The highest BCUT2D eigenvalue weighted by molar-refractivity contribution is 6.35. The van der Waals surface area contributed by atoms with Gasteiger partial charge in [-0.15, -0.1) is 0 Å². The van der Waals surface area contributed by atoms with Crippen molar-refractivity contribution >= 4 is 34.8 Å². The molecule has 0 unspecified atom stereocenters. The van der Waals surface area contributed by atoms with Gasteiger partial charge in [0, 0.05) is 17.8 Å². The van der Waals surface area contributed by atoms with Gasteiger partial charge in [0.25, 0.3) is 0 Å². The Kier molecular flexibility index (Phi) is 6.25. The van der Waals surface area contributed by atoms with Gasteiger partial charge in [-0.2, -0.15) is 18.3 Å². The number of benzene rings is 1. The van der Waals surface area contributed by atoms with Crippen molar-refractivity contribution in [2.24, 2.45) is 5.92 Å². The third-order valence-electron chi connectivity index (χ3n) is 3.88. The predicted octanol–water partition coefficient (Wildman–Crippen LogP) is 3.04. The van der Waals surface area contributed by atoms with Crippen LogP contribution < -0.4 is 0 Å². The number of carbonyl (C=O) groups excluding carboxylic acids is 1. The lowest BCUT2D eigenvalue weighted by Crippen LogP contribution is -2.31. The number of carboxylic acids is 1. The maximum Gasteiger partial charge on any atom is 0.401 e. The van der Waals surface area contributed by atoms with Crippen molar-refractivity contribution in [2.75, 3.05) is 13.6 Å². The molecule has 0 radical (unpaired) electrons. The molecular formula is C16H17ClF3N3O3. The molecule has 1 atom stereocenters. The lowest BCUT2D eigenvalue weighted by molar-refractivity contribution is -0.144. The summed E-state index contributed by atoms with van der Waals surface area (Å²) in [6.45, 7) is -1.17. The monoisotopic (exact) mass is 391 g/mol. The highest BCUT2D eigenvalue weighted by atomic mass is 35.5. The molecule has 142 valence electrons. The second-order valence-electron chi connectivity index (χ2n) is 6.14. The summed E-state index contributed by atoms with van der Waals surface area (Å²) in [5, 5.41) is 16.3. The van der Waals surface area contributed by atoms with Gasteiger partial charge in [0.15, 0.2) is 0 Å². The van der Waals surface area contributed by atoms with Gasteiger partial charge in [-0.05, 0) is 30.7 Å². The molecular weight excluding hydrogens is 375 g/mol. The first kappa shape index (κ1) is 20.2. The third-order valence-corrected chi connectivity index (χ3v) is 4.18. The Morgan fingerprint density at radius 3 is 2.77 bits per heavy atom. The zero-order valence-electron chi connectivity index (χ0n) is 13.8. The Morgan fingerprint density at radius 2 is 2.19 bits per heavy atom. The van der Waals surface area contributed by atoms with Crippen LogP contribution >= 0.6 is 11.6 Å². The van der Waals surface area contributed by atoms with Gasteiger partial charge in [-0.25, -0.2) is 0 Å². The molecule has 0 fully saturated rings. The molecule has 2 rings (SSSR count). The van der Waals surface area contributed by atoms with Crippen molar-refractivity contribution in [1.82, 2.24) is 15.1 Å². The number of H-pyrrole nitrogens is 1. The smallest absolute Gasteiger partial charge is 0.401 e. The summed E-state index contributed by atoms with van der Waals surface area (Å²) in [4.78, 5) is 23.2. The summed E-state index contributed by atoms with van der Waals surface area (Å²) in [5.41, 5.74) is 1.53. The third kappa shape index (κ3) is 5.18. The van der Waals surface area contributed by atoms with Crippen LogP contribution in [0.2, 0.25) is 5.02 Å². The van der Waals surface area contributed by atoms with E-state index in [1.54, 1.807) is 0 Å². The molecule has 1 heterocycles. The van der Waals surface area contributed by atoms with Gasteiger partial charge in [0.05, 0.1) is 29.7 Å². The van der Waals surface area contributed by atoms with Crippen molar-refractivity contribution in [3.8, 4) is 0 Å². The maximum atomic E-state index is 12.6. The Morgan fingerprint density at radius 1 is 1.50 bits per heavy atom. The standard InChI is InChI=1S/C16H17ClF3N3O3/c1-23(8-16(18,19)20)6-12-10(2-9(7-24)3-14(25)26)4-13(17)15-11(12)5-21-22-15/h4-5,7,9H,2-3,6,8H2,1H3,(H,21,22)(H,25,26)/t9-/m0/s1. The van der Waals surface area contributed by atoms with Crippen LogP contribution in [0.15, 0.2) is 12.3 Å². The number of aldehydes is 1. The molecule has 6 nitrogen and oxygen atoms in total. The number of nitrogens with one attached hydrogen (secondary N) is 1. The molecule has 2 N–H and O–H groups in total. The summed E-state index contributed by atoms with van der Waals surface area (Å²) in [6.07, 6.45) is -2.68. The maximum absolute atomic E-state index is 12.6. The molecule has 0 saturated heterocycles. The molecule has 0 saturated carbocycles. The number of rotatable bonds is 8. The van der Waals surface area contributed by atoms with E-state index in [-0.39, 0.29) is 19.4 Å². The zero-order valence-corrected chi connectivity index (χ0v) is 14.6. The van der Waals surface area contributed by atoms with Gasteiger partial charge in [-0.3, -0.25) is 14.8 Å². The van der Waals surface area contributed by atoms with Crippen molar-refractivity contribution < 1.29 is 27.9 Å². The largest absolute Gasteiger partial charge is 0.481 e. The number of alkyl halides is 3. The fraction of sp³-hybridized carbons (Fsp3) is 0.438. The van der Waals surface area contributed by atoms with Crippen LogP contribution in [0.4, 0.5) is 13.2 Å². The molecule has 2 aromatic rings. The molecule has 0 spiro atoms. The number of nitrogens with zero attached hydrogens (tertiary/aromatic N) is 2. The highest BCUT2D eigenvalue weighted by Gasteiger charge is 2.30. The number of fused-ring (bicyclic) bond motifs is 1. The van der Waals surface area contributed by atoms with Crippen LogP contribution in [0.1, 0.15) is 17.5 Å². The Hall–Kier alpha value is -2.13. The van der Waals surface area contributed by atoms with Crippen LogP contribution in [0.5, 0.6) is 0 Å². The molecule has 0 aliphatic rings. The minimum Gasteiger partial charge on any atom is -0.481 e. The Labute approximate surface area is 151 Å². The van der Waals surface area contributed by atoms with Crippen LogP contribution in [-0.4, -0.2) is 52.2 Å². The normalized spacial score (nSPS) is 13.3. The Balaban J connectivity index is 2.41. The van der Waals surface area contributed by atoms with E-state index < -0.39 is 24.6 Å². The second kappa shape index (κ2) is 8.05. The van der Waals surface area contributed by atoms with Crippen LogP contribution in [-0.2, 0) is 22.6 Å². The minimum absolute atomic E-state index is 0.0549. The summed E-state index contributed by atoms with van der Waals surface area (Å²) in [5.74, 6) is -1.94. The molecule has 0 bridgehead atoms. The van der Waals surface area contributed by atoms with E-state index in [9.17, 15) is 22.8 Å². The first-order valence-corrected chi connectivity index (χ1v) is 8.04. The first-order chi connectivity index (χ1) is 12.1. The zero-order chi connectivity index (χ0) is 19.5. The summed E-state index contributed by atoms with van der Waals surface area (Å²) < 4.78 is 37.9. The van der Waals surface area contributed by atoms with E-state index >= 15 is 0 Å². The Bertz CT molecular complexity index is 807. The van der Waals surface area contributed by atoms with Crippen molar-refractivity contribution in [3.63, 3.8) is 0 Å². The number of aliphatic carboxylic acids is 1. The number of hydrogen-bond donors (Lipinski definition) is 2. The average molecular weight is 392 g/mol. The summed E-state index contributed by atoms with van der Waals surface area (Å²) >= 11 is 6.18. The van der Waals surface area contributed by atoms with E-state index in [0.29, 0.717) is 33.3 Å². The quantitative estimate of drug-likeness (QED) is 0.675. The average Bonchev–Trinajstić information content (AvgIpc) is 2.98. The van der Waals surface area contributed by atoms with E-state index in [1.807, 2.05) is 0 Å². The van der Waals surface area contributed by atoms with Gasteiger partial charge >= 0.3 is 12.1 Å². The van der Waals surface area contributed by atoms with Crippen molar-refractivity contribution in [2.45, 2.75) is 25.6 Å². The molecule has 1 aromatic carbocycles. The summed E-state index contributed by atoms with van der Waals surface area (Å²) in [7, 11) is 1.33. The first-order valence-electron chi connectivity index (χ1n) is 7.66. The van der Waals surface area contributed by atoms with E-state index in [4.69, 9.17) is 16.7 Å². The SMILES string of the molecule is CN(Cc1c(C[C@H](C=O)CC(=O)O)cc(Cl)c2[nH]ncc12)CC(F)(F)F. The summed E-state index contributed by atoms with van der Waals surface area (Å²) in [6, 6.07) is 1.54. The van der Waals surface area contributed by atoms with Crippen LogP contribution in [0.25, 0.3) is 10.9 Å². The fourth-order valence-electron chi connectivity index (χ4n) is 2.86. The van der Waals surface area contributed by atoms with Gasteiger partial charge in [0.1, 0.15) is 6.29 Å². The fourth-order valence-corrected chi connectivity index (χ4v) is 3.13. The van der Waals surface area contributed by atoms with Crippen LogP contribution in [0, 0.1) is 5.92 Å². The van der Waals surface area contributed by atoms with Crippen LogP contribution in [0.3, 0.4) is 0 Å². The topological polar surface area (TPSA) is 86.3 Å². The highest BCUT2D eigenvalue weighted by Crippen LogP contribution is 2.31. The lowest BCUT2D eigenvalue weighted by Gasteiger charge is -2.22. The van der Waals surface area contributed by atoms with Gasteiger partial charge in [-0.1, -0.05) is 11.6 Å². The molecule has 10 heteroatoms. The van der Waals surface area contributed by atoms with E-state index in [0.717, 1.165) is 4.90 Å². The number of halogens is 4. The lowest BCUT2D eigenvalue weighted by atomic mass is 9.92. The predicted molar refractivity (Wildman–Crippen MR) is 89.0 cm³/mol. The number of hydrogen-bond acceptors (Lipinski definition) is 4. The van der Waals surface area contributed by atoms with E-state index in [2.05, 4.69) is 10.2 Å². The number of carbonyl (C=O) groups is 2. The molecule has 0 aliphatic carbocycles. The van der Waals surface area contributed by atoms with Crippen molar-refractivity contribution in [3.05, 3.63) is 28.4 Å². The minimum atomic E-state index is -4.36. The molecule has 0 aliphatic heterocycles. The van der Waals surface area contributed by atoms with Crippen molar-refractivity contribution in [1.29, 1.82) is 0 Å². The molecule has 1 aromatic heterocycles. The second-order valence-corrected chi connectivity index (χ2v) is 6.55. The number of aromatic nitrogens is 2. The van der Waals surface area contributed by atoms with E-state index in [1.165, 1.54) is 19.3 Å². The number of carboxylic acid groups (broad SMARTS) is 1. The number of aromatic amines is 1. The molecule has 26 heavy (non-hydrogen) atoms. The van der Waals surface area contributed by atoms with Gasteiger partial charge < -0.3 is 9.90 Å².